The zero-order chi connectivity index (χ0) is 8.97. The number of likely N-dealkylation sites (tertiary alicyclic amines) is 1. The van der Waals surface area contributed by atoms with Crippen molar-refractivity contribution < 1.29 is 4.79 Å². The van der Waals surface area contributed by atoms with E-state index in [2.05, 4.69) is 13.2 Å². The van der Waals surface area contributed by atoms with Gasteiger partial charge in [0.1, 0.15) is 0 Å². The summed E-state index contributed by atoms with van der Waals surface area (Å²) in [5, 5.41) is 0. The van der Waals surface area contributed by atoms with E-state index in [1.807, 2.05) is 17.1 Å². The molecule has 0 bridgehead atoms. The van der Waals surface area contributed by atoms with Crippen molar-refractivity contribution >= 4 is 5.91 Å². The van der Waals surface area contributed by atoms with Gasteiger partial charge in [0.05, 0.1) is 6.04 Å². The van der Waals surface area contributed by atoms with Crippen LogP contribution in [0.1, 0.15) is 19.3 Å². The van der Waals surface area contributed by atoms with Gasteiger partial charge in [-0.05, 0) is 12.8 Å². The van der Waals surface area contributed by atoms with Crippen LogP contribution >= 0.6 is 0 Å². The highest BCUT2D eigenvalue weighted by Gasteiger charge is 2.27. The molecule has 0 unspecified atom stereocenters. The average Bonchev–Trinajstić information content (AvgIpc) is 2.43. The zero-order valence-corrected chi connectivity index (χ0v) is 7.33. The van der Waals surface area contributed by atoms with Crippen molar-refractivity contribution in [2.75, 3.05) is 6.54 Å². The highest BCUT2D eigenvalue weighted by molar-refractivity contribution is 5.79. The molecule has 1 amide bonds. The lowest BCUT2D eigenvalue weighted by Gasteiger charge is -2.21. The first kappa shape index (κ1) is 9.04. The Kier molecular flexibility index (Phi) is 3.09. The van der Waals surface area contributed by atoms with E-state index < -0.39 is 0 Å². The normalized spacial score (nSPS) is 22.8. The Hall–Kier alpha value is -1.05. The van der Waals surface area contributed by atoms with Crippen molar-refractivity contribution in [3.63, 3.8) is 0 Å². The Morgan fingerprint density at radius 3 is 2.92 bits per heavy atom. The van der Waals surface area contributed by atoms with Gasteiger partial charge >= 0.3 is 0 Å². The SMILES string of the molecule is C=CCCN1C(=O)CC[C@@H]1C=C. The third-order valence-corrected chi connectivity index (χ3v) is 2.22. The summed E-state index contributed by atoms with van der Waals surface area (Å²) in [4.78, 5) is 13.2. The molecule has 66 valence electrons. The van der Waals surface area contributed by atoms with E-state index in [1.54, 1.807) is 0 Å². The molecule has 0 aromatic rings. The van der Waals surface area contributed by atoms with E-state index >= 15 is 0 Å². The maximum Gasteiger partial charge on any atom is 0.223 e. The molecule has 12 heavy (non-hydrogen) atoms. The number of carbonyl (C=O) groups is 1. The van der Waals surface area contributed by atoms with Gasteiger partial charge in [0, 0.05) is 13.0 Å². The Bertz CT molecular complexity index is 198. The van der Waals surface area contributed by atoms with E-state index in [0.29, 0.717) is 6.42 Å². The molecule has 0 aliphatic carbocycles. The minimum atomic E-state index is 0.252. The van der Waals surface area contributed by atoms with Crippen LogP contribution in [0.3, 0.4) is 0 Å². The number of carbonyl (C=O) groups excluding carboxylic acids is 1. The second-order valence-corrected chi connectivity index (χ2v) is 3.01. The summed E-state index contributed by atoms with van der Waals surface area (Å²) in [5.41, 5.74) is 0. The Labute approximate surface area is 73.6 Å². The molecule has 0 aromatic carbocycles. The second-order valence-electron chi connectivity index (χ2n) is 3.01. The summed E-state index contributed by atoms with van der Waals surface area (Å²) in [6.45, 7) is 8.14. The lowest BCUT2D eigenvalue weighted by atomic mass is 10.2. The van der Waals surface area contributed by atoms with E-state index in [9.17, 15) is 4.79 Å². The van der Waals surface area contributed by atoms with Crippen LogP contribution in [-0.4, -0.2) is 23.4 Å². The van der Waals surface area contributed by atoms with Crippen LogP contribution in [0.2, 0.25) is 0 Å². The molecular weight excluding hydrogens is 150 g/mol. The highest BCUT2D eigenvalue weighted by atomic mass is 16.2. The van der Waals surface area contributed by atoms with Crippen LogP contribution in [0.15, 0.2) is 25.3 Å². The summed E-state index contributed by atoms with van der Waals surface area (Å²) < 4.78 is 0. The van der Waals surface area contributed by atoms with E-state index in [1.165, 1.54) is 0 Å². The first-order valence-corrected chi connectivity index (χ1v) is 4.32. The van der Waals surface area contributed by atoms with Crippen molar-refractivity contribution in [1.82, 2.24) is 4.90 Å². The van der Waals surface area contributed by atoms with Crippen LogP contribution in [0.4, 0.5) is 0 Å². The van der Waals surface area contributed by atoms with E-state index in [0.717, 1.165) is 19.4 Å². The van der Waals surface area contributed by atoms with Gasteiger partial charge in [0.25, 0.3) is 0 Å². The molecule has 1 rings (SSSR count). The number of nitrogens with zero attached hydrogens (tertiary/aromatic N) is 1. The van der Waals surface area contributed by atoms with Crippen LogP contribution in [-0.2, 0) is 4.79 Å². The van der Waals surface area contributed by atoms with Gasteiger partial charge in [-0.3, -0.25) is 4.79 Å². The predicted molar refractivity (Wildman–Crippen MR) is 49.7 cm³/mol. The fraction of sp³-hybridized carbons (Fsp3) is 0.500. The summed E-state index contributed by atoms with van der Waals surface area (Å²) >= 11 is 0. The maximum absolute atomic E-state index is 11.3. The predicted octanol–water partition coefficient (Wildman–Crippen LogP) is 1.74. The third kappa shape index (κ3) is 1.76. The van der Waals surface area contributed by atoms with E-state index in [4.69, 9.17) is 0 Å². The molecular formula is C10H15NO. The fourth-order valence-electron chi connectivity index (χ4n) is 1.52. The Balaban J connectivity index is 2.51. The van der Waals surface area contributed by atoms with Crippen LogP contribution < -0.4 is 0 Å². The molecule has 1 aliphatic heterocycles. The molecule has 0 N–H and O–H groups in total. The van der Waals surface area contributed by atoms with Gasteiger partial charge in [-0.25, -0.2) is 0 Å². The average molecular weight is 165 g/mol. The van der Waals surface area contributed by atoms with Gasteiger partial charge in [0.15, 0.2) is 0 Å². The fourth-order valence-corrected chi connectivity index (χ4v) is 1.52. The van der Waals surface area contributed by atoms with Gasteiger partial charge in [-0.2, -0.15) is 0 Å². The summed E-state index contributed by atoms with van der Waals surface area (Å²) in [7, 11) is 0. The van der Waals surface area contributed by atoms with Crippen molar-refractivity contribution in [3.05, 3.63) is 25.3 Å². The van der Waals surface area contributed by atoms with Gasteiger partial charge in [-0.15, -0.1) is 13.2 Å². The van der Waals surface area contributed by atoms with Crippen LogP contribution in [0, 0.1) is 0 Å². The molecule has 0 radical (unpaired) electrons. The highest BCUT2D eigenvalue weighted by Crippen LogP contribution is 2.19. The van der Waals surface area contributed by atoms with E-state index in [-0.39, 0.29) is 11.9 Å². The molecule has 1 fully saturated rings. The number of hydrogen-bond acceptors (Lipinski definition) is 1. The second kappa shape index (κ2) is 4.10. The lowest BCUT2D eigenvalue weighted by Crippen LogP contribution is -2.32. The maximum atomic E-state index is 11.3. The molecule has 1 atom stereocenters. The third-order valence-electron chi connectivity index (χ3n) is 2.22. The van der Waals surface area contributed by atoms with Crippen LogP contribution in [0.5, 0.6) is 0 Å². The van der Waals surface area contributed by atoms with Gasteiger partial charge in [0.2, 0.25) is 5.91 Å². The van der Waals surface area contributed by atoms with Crippen molar-refractivity contribution in [2.24, 2.45) is 0 Å². The summed E-state index contributed by atoms with van der Waals surface area (Å²) in [6, 6.07) is 0.262. The number of hydrogen-bond donors (Lipinski definition) is 0. The first-order valence-electron chi connectivity index (χ1n) is 4.32. The molecule has 2 heteroatoms. The standard InChI is InChI=1S/C10H15NO/c1-3-5-8-11-9(4-2)6-7-10(11)12/h3-4,9H,1-2,5-8H2/t9-/m0/s1. The first-order chi connectivity index (χ1) is 5.79. The van der Waals surface area contributed by atoms with Crippen molar-refractivity contribution in [2.45, 2.75) is 25.3 Å². The minimum absolute atomic E-state index is 0.252. The molecule has 0 saturated carbocycles. The largest absolute Gasteiger partial charge is 0.336 e. The summed E-state index contributed by atoms with van der Waals surface area (Å²) in [6.07, 6.45) is 6.17. The zero-order valence-electron chi connectivity index (χ0n) is 7.33. The van der Waals surface area contributed by atoms with Crippen molar-refractivity contribution in [3.8, 4) is 0 Å². The minimum Gasteiger partial charge on any atom is -0.336 e. The summed E-state index contributed by atoms with van der Waals surface area (Å²) in [5.74, 6) is 0.252. The molecule has 1 saturated heterocycles. The Morgan fingerprint density at radius 2 is 2.33 bits per heavy atom. The molecule has 0 aromatic heterocycles. The topological polar surface area (TPSA) is 20.3 Å². The van der Waals surface area contributed by atoms with Gasteiger partial charge in [-0.1, -0.05) is 12.2 Å². The van der Waals surface area contributed by atoms with Crippen molar-refractivity contribution in [1.29, 1.82) is 0 Å². The Morgan fingerprint density at radius 1 is 1.58 bits per heavy atom. The molecule has 2 nitrogen and oxygen atoms in total. The smallest absolute Gasteiger partial charge is 0.223 e. The lowest BCUT2D eigenvalue weighted by molar-refractivity contribution is -0.128. The molecule has 0 spiro atoms. The number of rotatable bonds is 4. The van der Waals surface area contributed by atoms with Crippen LogP contribution in [0.25, 0.3) is 0 Å². The quantitative estimate of drug-likeness (QED) is 0.581. The van der Waals surface area contributed by atoms with Gasteiger partial charge < -0.3 is 4.90 Å². The number of amides is 1. The molecule has 1 heterocycles. The monoisotopic (exact) mass is 165 g/mol. The molecule has 1 aliphatic rings.